The first-order chi connectivity index (χ1) is 14.2. The van der Waals surface area contributed by atoms with Crippen LogP contribution in [0.25, 0.3) is 0 Å². The number of pyridine rings is 1. The average molecular weight is 438 g/mol. The van der Waals surface area contributed by atoms with Crippen molar-refractivity contribution in [1.82, 2.24) is 10.3 Å². The van der Waals surface area contributed by atoms with E-state index < -0.39 is 28.9 Å². The van der Waals surface area contributed by atoms with Crippen LogP contribution in [-0.2, 0) is 15.8 Å². The molecule has 0 spiro atoms. The number of alkyl halides is 3. The normalized spacial score (nSPS) is 18.0. The lowest BCUT2D eigenvalue weighted by molar-refractivity contribution is -0.138. The van der Waals surface area contributed by atoms with Crippen LogP contribution in [-0.4, -0.2) is 38.6 Å². The Morgan fingerprint density at radius 1 is 1.27 bits per heavy atom. The molecular formula is C18H13F3N4O4S. The first kappa shape index (κ1) is 21.3. The number of hydrogen-bond donors (Lipinski definition) is 2. The number of thioether (sulfide) groups is 1. The summed E-state index contributed by atoms with van der Waals surface area (Å²) in [5.41, 5.74) is -0.225. The number of benzene rings is 1. The van der Waals surface area contributed by atoms with Crippen molar-refractivity contribution in [2.75, 3.05) is 0 Å². The molecule has 1 amide bonds. The van der Waals surface area contributed by atoms with Crippen LogP contribution in [0.1, 0.15) is 17.5 Å². The van der Waals surface area contributed by atoms with E-state index in [1.54, 1.807) is 24.3 Å². The van der Waals surface area contributed by atoms with Gasteiger partial charge in [-0.2, -0.15) is 18.3 Å². The first-order valence-corrected chi connectivity index (χ1v) is 9.20. The summed E-state index contributed by atoms with van der Waals surface area (Å²) in [6.45, 7) is 0. The minimum absolute atomic E-state index is 0.0146. The Labute approximate surface area is 171 Å². The summed E-state index contributed by atoms with van der Waals surface area (Å²) in [6.07, 6.45) is -2.68. The second-order valence-electron chi connectivity index (χ2n) is 5.90. The summed E-state index contributed by atoms with van der Waals surface area (Å²) < 4.78 is 43.0. The maximum absolute atomic E-state index is 12.5. The second-order valence-corrected chi connectivity index (χ2v) is 7.09. The fourth-order valence-electron chi connectivity index (χ4n) is 2.24. The molecule has 1 unspecified atom stereocenters. The number of carbonyl (C=O) groups excluding carboxylic acids is 1. The van der Waals surface area contributed by atoms with Gasteiger partial charge in [0.1, 0.15) is 11.0 Å². The van der Waals surface area contributed by atoms with Crippen LogP contribution in [0.5, 0.6) is 11.6 Å². The highest BCUT2D eigenvalue weighted by Gasteiger charge is 2.32. The molecular weight excluding hydrogens is 425 g/mol. The van der Waals surface area contributed by atoms with Crippen LogP contribution < -0.4 is 10.1 Å². The molecule has 1 aliphatic rings. The Hall–Kier alpha value is -3.41. The van der Waals surface area contributed by atoms with Crippen LogP contribution in [0.2, 0.25) is 0 Å². The molecule has 1 fully saturated rings. The van der Waals surface area contributed by atoms with Gasteiger partial charge in [-0.1, -0.05) is 11.8 Å². The van der Waals surface area contributed by atoms with Gasteiger partial charge < -0.3 is 15.2 Å². The molecule has 1 aliphatic heterocycles. The van der Waals surface area contributed by atoms with Crippen molar-refractivity contribution in [3.05, 3.63) is 53.7 Å². The van der Waals surface area contributed by atoms with E-state index in [1.165, 1.54) is 6.21 Å². The van der Waals surface area contributed by atoms with Crippen LogP contribution in [0, 0.1) is 0 Å². The van der Waals surface area contributed by atoms with E-state index in [2.05, 4.69) is 20.5 Å². The van der Waals surface area contributed by atoms with Crippen molar-refractivity contribution in [1.29, 1.82) is 0 Å². The van der Waals surface area contributed by atoms with Crippen molar-refractivity contribution < 1.29 is 32.6 Å². The number of carbonyl (C=O) groups is 2. The molecule has 0 bridgehead atoms. The lowest BCUT2D eigenvalue weighted by atomic mass is 10.2. The summed E-state index contributed by atoms with van der Waals surface area (Å²) in [5, 5.41) is 18.3. The predicted molar refractivity (Wildman–Crippen MR) is 103 cm³/mol. The molecule has 1 atom stereocenters. The zero-order valence-electron chi connectivity index (χ0n) is 15.0. The number of aromatic nitrogens is 1. The van der Waals surface area contributed by atoms with E-state index in [1.807, 2.05) is 0 Å². The maximum Gasteiger partial charge on any atom is 0.417 e. The van der Waals surface area contributed by atoms with Crippen LogP contribution in [0.3, 0.4) is 0 Å². The third kappa shape index (κ3) is 5.80. The molecule has 2 heterocycles. The number of hydrogen-bond acceptors (Lipinski definition) is 7. The van der Waals surface area contributed by atoms with E-state index in [-0.39, 0.29) is 17.5 Å². The minimum Gasteiger partial charge on any atom is -0.481 e. The monoisotopic (exact) mass is 438 g/mol. The Balaban J connectivity index is 1.57. The smallest absolute Gasteiger partial charge is 0.417 e. The van der Waals surface area contributed by atoms with Crippen LogP contribution >= 0.6 is 11.8 Å². The topological polar surface area (TPSA) is 113 Å². The lowest BCUT2D eigenvalue weighted by Crippen LogP contribution is -2.26. The molecule has 1 aromatic carbocycles. The van der Waals surface area contributed by atoms with Crippen molar-refractivity contribution >= 4 is 35.0 Å². The molecule has 1 saturated heterocycles. The van der Waals surface area contributed by atoms with Crippen molar-refractivity contribution in [2.24, 2.45) is 10.2 Å². The van der Waals surface area contributed by atoms with Gasteiger partial charge in [-0.05, 0) is 35.9 Å². The SMILES string of the molecule is O=C(O)CC1SC(=NN=Cc2ccc(Oc3ccc(C(F)(F)F)cn3)cc2)NC1=O. The molecule has 12 heteroatoms. The van der Waals surface area contributed by atoms with Gasteiger partial charge in [0.05, 0.1) is 18.2 Å². The third-order valence-corrected chi connectivity index (χ3v) is 4.73. The van der Waals surface area contributed by atoms with Gasteiger partial charge >= 0.3 is 12.1 Å². The average Bonchev–Trinajstić information content (AvgIpc) is 3.01. The highest BCUT2D eigenvalue weighted by molar-refractivity contribution is 8.15. The molecule has 3 rings (SSSR count). The third-order valence-electron chi connectivity index (χ3n) is 3.66. The summed E-state index contributed by atoms with van der Waals surface area (Å²) in [4.78, 5) is 25.9. The van der Waals surface area contributed by atoms with Gasteiger partial charge in [0.15, 0.2) is 5.17 Å². The van der Waals surface area contributed by atoms with Crippen molar-refractivity contribution in [3.8, 4) is 11.6 Å². The number of nitrogens with zero attached hydrogens (tertiary/aromatic N) is 3. The molecule has 2 N–H and O–H groups in total. The Kier molecular flexibility index (Phi) is 6.35. The summed E-state index contributed by atoms with van der Waals surface area (Å²) in [5.74, 6) is -1.14. The van der Waals surface area contributed by atoms with E-state index >= 15 is 0 Å². The highest BCUT2D eigenvalue weighted by atomic mass is 32.2. The number of ether oxygens (including phenoxy) is 1. The number of amides is 1. The van der Waals surface area contributed by atoms with Gasteiger partial charge in [-0.25, -0.2) is 4.98 Å². The Morgan fingerprint density at radius 3 is 2.60 bits per heavy atom. The van der Waals surface area contributed by atoms with Crippen molar-refractivity contribution in [2.45, 2.75) is 17.8 Å². The quantitative estimate of drug-likeness (QED) is 0.529. The second kappa shape index (κ2) is 8.95. The maximum atomic E-state index is 12.5. The molecule has 0 aliphatic carbocycles. The lowest BCUT2D eigenvalue weighted by Gasteiger charge is -2.08. The molecule has 0 saturated carbocycles. The highest BCUT2D eigenvalue weighted by Crippen LogP contribution is 2.30. The summed E-state index contributed by atoms with van der Waals surface area (Å²) >= 11 is 0.986. The van der Waals surface area contributed by atoms with Crippen LogP contribution in [0.15, 0.2) is 52.8 Å². The van der Waals surface area contributed by atoms with E-state index in [0.717, 1.165) is 23.9 Å². The van der Waals surface area contributed by atoms with Gasteiger partial charge in [0.2, 0.25) is 11.8 Å². The number of rotatable bonds is 6. The molecule has 1 aromatic heterocycles. The van der Waals surface area contributed by atoms with Gasteiger partial charge in [0.25, 0.3) is 0 Å². The molecule has 2 aromatic rings. The number of carboxylic acids is 1. The number of amidine groups is 1. The summed E-state index contributed by atoms with van der Waals surface area (Å²) in [7, 11) is 0. The van der Waals surface area contributed by atoms with Crippen LogP contribution in [0.4, 0.5) is 13.2 Å². The van der Waals surface area contributed by atoms with Gasteiger partial charge in [-0.15, -0.1) is 5.10 Å². The fraction of sp³-hybridized carbons (Fsp3) is 0.167. The molecule has 0 radical (unpaired) electrons. The van der Waals surface area contributed by atoms with E-state index in [9.17, 15) is 22.8 Å². The number of carboxylic acid groups (broad SMARTS) is 1. The Morgan fingerprint density at radius 2 is 2.00 bits per heavy atom. The molecule has 8 nitrogen and oxygen atoms in total. The zero-order valence-corrected chi connectivity index (χ0v) is 15.8. The van der Waals surface area contributed by atoms with Gasteiger partial charge in [0, 0.05) is 12.3 Å². The van der Waals surface area contributed by atoms with E-state index in [4.69, 9.17) is 9.84 Å². The van der Waals surface area contributed by atoms with E-state index in [0.29, 0.717) is 17.5 Å². The largest absolute Gasteiger partial charge is 0.481 e. The van der Waals surface area contributed by atoms with Gasteiger partial charge in [-0.3, -0.25) is 9.59 Å². The fourth-order valence-corrected chi connectivity index (χ4v) is 3.16. The first-order valence-electron chi connectivity index (χ1n) is 8.32. The van der Waals surface area contributed by atoms with Crippen molar-refractivity contribution in [3.63, 3.8) is 0 Å². The number of aliphatic carboxylic acids is 1. The Bertz CT molecular complexity index is 992. The minimum atomic E-state index is -4.47. The number of halogens is 3. The summed E-state index contributed by atoms with van der Waals surface area (Å²) in [6, 6.07) is 8.42. The molecule has 156 valence electrons. The zero-order chi connectivity index (χ0) is 21.7. The predicted octanol–water partition coefficient (Wildman–Crippen LogP) is 3.29. The standard InChI is InChI=1S/C18H13F3N4O4S/c19-18(20,21)11-3-6-14(22-9-11)29-12-4-1-10(2-5-12)8-23-25-17-24-16(28)13(30-17)7-15(26)27/h1-6,8-9,13H,7H2,(H,26,27)(H,24,25,28). The number of nitrogens with one attached hydrogen (secondary N) is 1. The molecule has 30 heavy (non-hydrogen) atoms.